The van der Waals surface area contributed by atoms with Gasteiger partial charge in [0.15, 0.2) is 5.96 Å². The van der Waals surface area contributed by atoms with E-state index in [9.17, 15) is 0 Å². The second-order valence-electron chi connectivity index (χ2n) is 6.15. The van der Waals surface area contributed by atoms with E-state index in [1.165, 1.54) is 21.1 Å². The third-order valence-corrected chi connectivity index (χ3v) is 5.21. The molecule has 5 nitrogen and oxygen atoms in total. The number of halogens is 1. The number of methoxy groups -OCH3 is 1. The van der Waals surface area contributed by atoms with Crippen LogP contribution < -0.4 is 10.1 Å². The Morgan fingerprint density at radius 1 is 1.26 bits per heavy atom. The number of benzene rings is 1. The Labute approximate surface area is 184 Å². The Kier molecular flexibility index (Phi) is 10.7. The second-order valence-corrected chi connectivity index (χ2v) is 7.44. The Bertz CT molecular complexity index is 715. The van der Waals surface area contributed by atoms with Crippen molar-refractivity contribution in [3.05, 3.63) is 45.4 Å². The van der Waals surface area contributed by atoms with E-state index in [-0.39, 0.29) is 24.0 Å². The lowest BCUT2D eigenvalue weighted by molar-refractivity contribution is 0.414. The molecule has 0 amide bonds. The molecule has 0 atom stereocenters. The Balaban J connectivity index is 0.00000364. The van der Waals surface area contributed by atoms with Crippen LogP contribution in [-0.2, 0) is 19.4 Å². The minimum atomic E-state index is 0. The monoisotopic (exact) mass is 502 g/mol. The summed E-state index contributed by atoms with van der Waals surface area (Å²) < 4.78 is 5.22. The predicted octanol–water partition coefficient (Wildman–Crippen LogP) is 4.28. The van der Waals surface area contributed by atoms with Gasteiger partial charge in [0.1, 0.15) is 5.75 Å². The quantitative estimate of drug-likeness (QED) is 0.333. The molecule has 0 aliphatic carbocycles. The zero-order chi connectivity index (χ0) is 18.9. The van der Waals surface area contributed by atoms with E-state index >= 15 is 0 Å². The van der Waals surface area contributed by atoms with Gasteiger partial charge in [0.25, 0.3) is 0 Å². The van der Waals surface area contributed by atoms with Crippen LogP contribution in [0.15, 0.2) is 29.3 Å². The average Bonchev–Trinajstić information content (AvgIpc) is 3.01. The van der Waals surface area contributed by atoms with Crippen molar-refractivity contribution in [1.82, 2.24) is 15.2 Å². The van der Waals surface area contributed by atoms with E-state index in [2.05, 4.69) is 50.2 Å². The zero-order valence-corrected chi connectivity index (χ0v) is 20.1. The van der Waals surface area contributed by atoms with Crippen molar-refractivity contribution in [2.24, 2.45) is 4.99 Å². The first kappa shape index (κ1) is 23.7. The van der Waals surface area contributed by atoms with E-state index in [1.54, 1.807) is 18.4 Å². The molecule has 0 unspecified atom stereocenters. The molecule has 0 radical (unpaired) electrons. The topological polar surface area (TPSA) is 49.8 Å². The van der Waals surface area contributed by atoms with Gasteiger partial charge < -0.3 is 15.0 Å². The maximum Gasteiger partial charge on any atom is 0.193 e. The van der Waals surface area contributed by atoms with Crippen LogP contribution in [0.2, 0.25) is 0 Å². The van der Waals surface area contributed by atoms with Crippen molar-refractivity contribution >= 4 is 41.3 Å². The van der Waals surface area contributed by atoms with Crippen LogP contribution in [-0.4, -0.2) is 43.1 Å². The number of hydrogen-bond acceptors (Lipinski definition) is 4. The summed E-state index contributed by atoms with van der Waals surface area (Å²) in [6, 6.07) is 8.15. The molecule has 1 heterocycles. The fraction of sp³-hybridized carbons (Fsp3) is 0.500. The molecule has 2 rings (SSSR count). The first-order chi connectivity index (χ1) is 12.6. The fourth-order valence-electron chi connectivity index (χ4n) is 2.73. The molecule has 0 aliphatic rings. The highest BCUT2D eigenvalue weighted by molar-refractivity contribution is 14.0. The highest BCUT2D eigenvalue weighted by Gasteiger charge is 2.08. The van der Waals surface area contributed by atoms with Crippen molar-refractivity contribution in [3.63, 3.8) is 0 Å². The second kappa shape index (κ2) is 12.2. The molecule has 0 bridgehead atoms. The van der Waals surface area contributed by atoms with Gasteiger partial charge in [0.2, 0.25) is 0 Å². The molecule has 0 saturated carbocycles. The van der Waals surface area contributed by atoms with Crippen molar-refractivity contribution in [1.29, 1.82) is 0 Å². The molecular weight excluding hydrogens is 471 g/mol. The van der Waals surface area contributed by atoms with Gasteiger partial charge in [-0.05, 0) is 38.0 Å². The van der Waals surface area contributed by atoms with Gasteiger partial charge >= 0.3 is 0 Å². The highest BCUT2D eigenvalue weighted by atomic mass is 127. The number of guanidine groups is 1. The van der Waals surface area contributed by atoms with Gasteiger partial charge in [0.05, 0.1) is 17.8 Å². The number of aliphatic imine (C=N–C) groups is 1. The number of rotatable bonds is 8. The molecule has 27 heavy (non-hydrogen) atoms. The molecule has 0 fully saturated rings. The number of nitrogens with one attached hydrogen (secondary N) is 1. The van der Waals surface area contributed by atoms with Crippen LogP contribution in [0.5, 0.6) is 5.75 Å². The van der Waals surface area contributed by atoms with Crippen molar-refractivity contribution in [2.75, 3.05) is 27.2 Å². The van der Waals surface area contributed by atoms with Crippen LogP contribution in [0.3, 0.4) is 0 Å². The summed E-state index contributed by atoms with van der Waals surface area (Å²) in [7, 11) is 3.75. The molecule has 1 aromatic heterocycles. The number of aromatic nitrogens is 1. The summed E-state index contributed by atoms with van der Waals surface area (Å²) in [5.41, 5.74) is 2.44. The first-order valence-corrected chi connectivity index (χ1v) is 9.96. The third kappa shape index (κ3) is 7.29. The molecule has 1 aromatic carbocycles. The normalized spacial score (nSPS) is 11.1. The molecule has 2 aromatic rings. The maximum atomic E-state index is 5.22. The smallest absolute Gasteiger partial charge is 0.193 e. The van der Waals surface area contributed by atoms with Crippen LogP contribution in [0.4, 0.5) is 0 Å². The SMILES string of the molecule is CCNC(=NCCc1nc(CC)c(C)s1)N(C)Cc1ccc(OC)cc1.I. The van der Waals surface area contributed by atoms with Gasteiger partial charge in [-0.3, -0.25) is 4.99 Å². The largest absolute Gasteiger partial charge is 0.497 e. The van der Waals surface area contributed by atoms with Crippen molar-refractivity contribution in [2.45, 2.75) is 40.2 Å². The van der Waals surface area contributed by atoms with Gasteiger partial charge in [-0.15, -0.1) is 35.3 Å². The molecule has 0 saturated heterocycles. The van der Waals surface area contributed by atoms with E-state index in [0.29, 0.717) is 0 Å². The molecule has 7 heteroatoms. The zero-order valence-electron chi connectivity index (χ0n) is 16.9. The molecule has 150 valence electrons. The van der Waals surface area contributed by atoms with Crippen LogP contribution in [0.25, 0.3) is 0 Å². The molecule has 0 spiro atoms. The van der Waals surface area contributed by atoms with E-state index in [0.717, 1.165) is 44.2 Å². The summed E-state index contributed by atoms with van der Waals surface area (Å²) in [5.74, 6) is 1.80. The minimum Gasteiger partial charge on any atom is -0.497 e. The fourth-order valence-corrected chi connectivity index (χ4v) is 3.74. The first-order valence-electron chi connectivity index (χ1n) is 9.14. The lowest BCUT2D eigenvalue weighted by Crippen LogP contribution is -2.38. The summed E-state index contributed by atoms with van der Waals surface area (Å²) in [6.45, 7) is 8.78. The summed E-state index contributed by atoms with van der Waals surface area (Å²) in [5, 5.41) is 4.55. The number of hydrogen-bond donors (Lipinski definition) is 1. The Morgan fingerprint density at radius 2 is 1.96 bits per heavy atom. The Morgan fingerprint density at radius 3 is 2.52 bits per heavy atom. The predicted molar refractivity (Wildman–Crippen MR) is 126 cm³/mol. The lowest BCUT2D eigenvalue weighted by atomic mass is 10.2. The number of thiazole rings is 1. The lowest BCUT2D eigenvalue weighted by Gasteiger charge is -2.22. The maximum absolute atomic E-state index is 5.22. The highest BCUT2D eigenvalue weighted by Crippen LogP contribution is 2.18. The summed E-state index contributed by atoms with van der Waals surface area (Å²) in [4.78, 5) is 13.0. The number of nitrogens with zero attached hydrogens (tertiary/aromatic N) is 3. The number of aryl methyl sites for hydroxylation is 2. The van der Waals surface area contributed by atoms with Crippen molar-refractivity contribution < 1.29 is 4.74 Å². The van der Waals surface area contributed by atoms with Crippen LogP contribution in [0, 0.1) is 6.92 Å². The van der Waals surface area contributed by atoms with E-state index in [4.69, 9.17) is 14.7 Å². The Hall–Kier alpha value is -1.35. The van der Waals surface area contributed by atoms with E-state index in [1.807, 2.05) is 12.1 Å². The molecule has 0 aliphatic heterocycles. The van der Waals surface area contributed by atoms with Crippen LogP contribution >= 0.6 is 35.3 Å². The summed E-state index contributed by atoms with van der Waals surface area (Å²) in [6.07, 6.45) is 1.88. The van der Waals surface area contributed by atoms with Crippen LogP contribution in [0.1, 0.15) is 35.0 Å². The van der Waals surface area contributed by atoms with Gasteiger partial charge in [-0.25, -0.2) is 4.98 Å². The standard InChI is InChI=1S/C20H30N4OS.HI/c1-6-18-15(3)26-19(23-18)12-13-22-20(21-7-2)24(4)14-16-8-10-17(25-5)11-9-16;/h8-11H,6-7,12-14H2,1-5H3,(H,21,22);1H. The van der Waals surface area contributed by atoms with Crippen molar-refractivity contribution in [3.8, 4) is 5.75 Å². The van der Waals surface area contributed by atoms with Gasteiger partial charge in [-0.1, -0.05) is 19.1 Å². The summed E-state index contributed by atoms with van der Waals surface area (Å²) >= 11 is 1.79. The molecule has 1 N–H and O–H groups in total. The average molecular weight is 502 g/mol. The van der Waals surface area contributed by atoms with Gasteiger partial charge in [0, 0.05) is 38.0 Å². The van der Waals surface area contributed by atoms with Gasteiger partial charge in [-0.2, -0.15) is 0 Å². The van der Waals surface area contributed by atoms with E-state index < -0.39 is 0 Å². The molecular formula is C20H31IN4OS. The number of ether oxygens (including phenoxy) is 1. The third-order valence-electron chi connectivity index (χ3n) is 4.13. The minimum absolute atomic E-state index is 0.